The Bertz CT molecular complexity index is 1340. The summed E-state index contributed by atoms with van der Waals surface area (Å²) in [5.74, 6) is -1.44. The van der Waals surface area contributed by atoms with E-state index >= 15 is 0 Å². The number of fused-ring (bicyclic) bond motifs is 1. The molecule has 0 amide bonds. The van der Waals surface area contributed by atoms with Crippen LogP contribution in [-0.2, 0) is 12.8 Å². The van der Waals surface area contributed by atoms with Gasteiger partial charge < -0.3 is 0 Å². The monoisotopic (exact) mass is 447 g/mol. The summed E-state index contributed by atoms with van der Waals surface area (Å²) in [7, 11) is 1.64. The Balaban J connectivity index is 1.78. The molecule has 0 aliphatic carbocycles. The molecule has 4 nitrogen and oxygen atoms in total. The number of hydrogen-bond acceptors (Lipinski definition) is 5. The van der Waals surface area contributed by atoms with Crippen molar-refractivity contribution in [3.63, 3.8) is 0 Å². The number of rotatable bonds is 4. The summed E-state index contributed by atoms with van der Waals surface area (Å²) in [6.45, 7) is 2.00. The molecule has 0 fully saturated rings. The van der Waals surface area contributed by atoms with Crippen LogP contribution in [0.5, 0.6) is 0 Å². The van der Waals surface area contributed by atoms with Gasteiger partial charge in [-0.15, -0.1) is 0 Å². The molecule has 4 aromatic rings. The zero-order valence-corrected chi connectivity index (χ0v) is 17.9. The largest absolute Gasteiger partial charge is 0.289 e. The highest BCUT2D eigenvalue weighted by molar-refractivity contribution is 7.98. The van der Waals surface area contributed by atoms with Crippen molar-refractivity contribution in [1.82, 2.24) is 14.1 Å². The maximum absolute atomic E-state index is 13.5. The molecule has 29 heavy (non-hydrogen) atoms. The molecule has 9 heteroatoms. The lowest BCUT2D eigenvalue weighted by molar-refractivity contribution is 0.507. The average Bonchev–Trinajstić information content (AvgIpc) is 3.03. The van der Waals surface area contributed by atoms with Crippen LogP contribution in [0.1, 0.15) is 11.1 Å². The first-order valence-corrected chi connectivity index (χ1v) is 10.8. The Morgan fingerprint density at radius 1 is 1.14 bits per heavy atom. The van der Waals surface area contributed by atoms with Gasteiger partial charge in [-0.1, -0.05) is 46.9 Å². The van der Waals surface area contributed by atoms with E-state index in [0.717, 1.165) is 23.4 Å². The number of nitrogens with zero attached hydrogens (tertiary/aromatic N) is 3. The van der Waals surface area contributed by atoms with E-state index in [2.05, 4.69) is 4.98 Å². The van der Waals surface area contributed by atoms with Crippen LogP contribution >= 0.6 is 35.3 Å². The lowest BCUT2D eigenvalue weighted by atomic mass is 10.2. The van der Waals surface area contributed by atoms with Crippen LogP contribution in [0.2, 0.25) is 0 Å². The highest BCUT2D eigenvalue weighted by atomic mass is 32.2. The average molecular weight is 448 g/mol. The Morgan fingerprint density at radius 2 is 1.86 bits per heavy atom. The molecular formula is C20H15F2N3OS3. The van der Waals surface area contributed by atoms with Crippen LogP contribution in [0.25, 0.3) is 16.0 Å². The van der Waals surface area contributed by atoms with E-state index in [0.29, 0.717) is 30.8 Å². The fourth-order valence-electron chi connectivity index (χ4n) is 2.84. The van der Waals surface area contributed by atoms with Gasteiger partial charge in [0.1, 0.15) is 4.70 Å². The summed E-state index contributed by atoms with van der Waals surface area (Å²) in [4.78, 5) is 17.5. The Labute approximate surface area is 178 Å². The van der Waals surface area contributed by atoms with Gasteiger partial charge in [0.25, 0.3) is 5.56 Å². The molecular weight excluding hydrogens is 432 g/mol. The van der Waals surface area contributed by atoms with Gasteiger partial charge in [-0.25, -0.2) is 13.8 Å². The summed E-state index contributed by atoms with van der Waals surface area (Å²) in [5.41, 5.74) is 2.86. The van der Waals surface area contributed by atoms with Crippen molar-refractivity contribution in [2.75, 3.05) is 0 Å². The highest BCUT2D eigenvalue weighted by Crippen LogP contribution is 2.27. The van der Waals surface area contributed by atoms with E-state index in [4.69, 9.17) is 12.2 Å². The second kappa shape index (κ2) is 7.81. The summed E-state index contributed by atoms with van der Waals surface area (Å²) in [5, 5.41) is 0.473. The standard InChI is InChI=1S/C20H15F2N3OS3/c1-11-3-6-13(7-4-11)25-17-16(29-20(25)27)18(26)24(2)19(23-17)28-10-12-5-8-14(21)15(22)9-12/h3-9H,10H2,1-2H3. The molecule has 148 valence electrons. The number of benzene rings is 2. The molecule has 0 bridgehead atoms. The number of aryl methyl sites for hydroxylation is 1. The third-order valence-electron chi connectivity index (χ3n) is 4.42. The number of halogens is 2. The minimum absolute atomic E-state index is 0.190. The minimum Gasteiger partial charge on any atom is -0.289 e. The van der Waals surface area contributed by atoms with Crippen LogP contribution in [0.4, 0.5) is 8.78 Å². The second-order valence-corrected chi connectivity index (χ2v) is 9.07. The molecule has 0 saturated carbocycles. The Hall–Kier alpha value is -2.36. The van der Waals surface area contributed by atoms with Crippen LogP contribution < -0.4 is 5.56 Å². The van der Waals surface area contributed by atoms with E-state index < -0.39 is 11.6 Å². The van der Waals surface area contributed by atoms with Gasteiger partial charge in [-0.05, 0) is 49.0 Å². The first kappa shape index (κ1) is 19.9. The van der Waals surface area contributed by atoms with Crippen LogP contribution in [-0.4, -0.2) is 14.1 Å². The molecule has 0 saturated heterocycles. The third-order valence-corrected chi connectivity index (χ3v) is 6.87. The van der Waals surface area contributed by atoms with Crippen molar-refractivity contribution in [3.8, 4) is 5.69 Å². The van der Waals surface area contributed by atoms with E-state index in [9.17, 15) is 13.6 Å². The predicted molar refractivity (Wildman–Crippen MR) is 116 cm³/mol. The summed E-state index contributed by atoms with van der Waals surface area (Å²) < 4.78 is 30.9. The summed E-state index contributed by atoms with van der Waals surface area (Å²) in [6.07, 6.45) is 0. The quantitative estimate of drug-likeness (QED) is 0.239. The van der Waals surface area contributed by atoms with Gasteiger partial charge >= 0.3 is 0 Å². The molecule has 2 heterocycles. The smallest absolute Gasteiger partial charge is 0.273 e. The molecule has 0 aliphatic rings. The first-order valence-electron chi connectivity index (χ1n) is 8.61. The van der Waals surface area contributed by atoms with Gasteiger partial charge in [0.05, 0.1) is 0 Å². The number of thiazole rings is 1. The van der Waals surface area contributed by atoms with E-state index in [-0.39, 0.29) is 5.56 Å². The zero-order chi connectivity index (χ0) is 20.7. The predicted octanol–water partition coefficient (Wildman–Crippen LogP) is 5.39. The molecule has 0 N–H and O–H groups in total. The topological polar surface area (TPSA) is 39.8 Å². The normalized spacial score (nSPS) is 11.3. The minimum atomic E-state index is -0.897. The maximum Gasteiger partial charge on any atom is 0.273 e. The first-order chi connectivity index (χ1) is 13.8. The van der Waals surface area contributed by atoms with Crippen molar-refractivity contribution in [2.24, 2.45) is 7.05 Å². The molecule has 0 unspecified atom stereocenters. The van der Waals surface area contributed by atoms with Gasteiger partial charge in [-0.2, -0.15) is 0 Å². The summed E-state index contributed by atoms with van der Waals surface area (Å²) in [6, 6.07) is 11.6. The van der Waals surface area contributed by atoms with Crippen molar-refractivity contribution in [3.05, 3.63) is 79.5 Å². The van der Waals surface area contributed by atoms with Gasteiger partial charge in [0.2, 0.25) is 0 Å². The van der Waals surface area contributed by atoms with Crippen molar-refractivity contribution < 1.29 is 8.78 Å². The highest BCUT2D eigenvalue weighted by Gasteiger charge is 2.16. The number of hydrogen-bond donors (Lipinski definition) is 0. The molecule has 0 aliphatic heterocycles. The lowest BCUT2D eigenvalue weighted by Gasteiger charge is -2.09. The van der Waals surface area contributed by atoms with Crippen molar-refractivity contribution in [2.45, 2.75) is 17.8 Å². The molecule has 2 aromatic carbocycles. The molecule has 0 spiro atoms. The summed E-state index contributed by atoms with van der Waals surface area (Å²) >= 11 is 8.00. The Morgan fingerprint density at radius 3 is 2.55 bits per heavy atom. The maximum atomic E-state index is 13.5. The second-order valence-electron chi connectivity index (χ2n) is 6.49. The van der Waals surface area contributed by atoms with E-state index in [1.54, 1.807) is 11.6 Å². The van der Waals surface area contributed by atoms with Crippen LogP contribution in [0, 0.1) is 22.5 Å². The van der Waals surface area contributed by atoms with Crippen molar-refractivity contribution in [1.29, 1.82) is 0 Å². The zero-order valence-electron chi connectivity index (χ0n) is 15.5. The lowest BCUT2D eigenvalue weighted by Crippen LogP contribution is -2.19. The van der Waals surface area contributed by atoms with E-state index in [1.165, 1.54) is 33.7 Å². The number of aromatic nitrogens is 3. The SMILES string of the molecule is Cc1ccc(-n2c(=S)sc3c(=O)n(C)c(SCc4ccc(F)c(F)c4)nc32)cc1. The Kier molecular flexibility index (Phi) is 5.37. The number of thioether (sulfide) groups is 1. The molecule has 2 aromatic heterocycles. The van der Waals surface area contributed by atoms with Crippen molar-refractivity contribution >= 4 is 45.7 Å². The molecule has 0 atom stereocenters. The van der Waals surface area contributed by atoms with Gasteiger partial charge in [-0.3, -0.25) is 13.9 Å². The molecule has 4 rings (SSSR count). The van der Waals surface area contributed by atoms with Crippen LogP contribution in [0.3, 0.4) is 0 Å². The third kappa shape index (κ3) is 3.77. The molecule has 0 radical (unpaired) electrons. The fourth-order valence-corrected chi connectivity index (χ4v) is 5.09. The van der Waals surface area contributed by atoms with Crippen LogP contribution in [0.15, 0.2) is 52.4 Å². The fraction of sp³-hybridized carbons (Fsp3) is 0.150. The van der Waals surface area contributed by atoms with Gasteiger partial charge in [0.15, 0.2) is 26.4 Å². The van der Waals surface area contributed by atoms with Gasteiger partial charge in [0, 0.05) is 18.5 Å². The van der Waals surface area contributed by atoms with E-state index in [1.807, 2.05) is 31.2 Å².